The van der Waals surface area contributed by atoms with E-state index in [-0.39, 0.29) is 25.2 Å². The van der Waals surface area contributed by atoms with Crippen LogP contribution in [0.15, 0.2) is 24.3 Å². The van der Waals surface area contributed by atoms with Gasteiger partial charge in [-0.2, -0.15) is 0 Å². The van der Waals surface area contributed by atoms with Crippen molar-refractivity contribution < 1.29 is 14.6 Å². The Balaban J connectivity index is 2.05. The molecule has 1 amide bonds. The van der Waals surface area contributed by atoms with E-state index in [9.17, 15) is 9.90 Å². The number of hydrogen-bond donors (Lipinski definition) is 1. The van der Waals surface area contributed by atoms with Crippen molar-refractivity contribution in [1.82, 2.24) is 4.90 Å². The molecule has 1 aliphatic rings. The molecule has 1 aromatic rings. The maximum Gasteiger partial charge on any atom is 0.254 e. The molecule has 0 aromatic heterocycles. The van der Waals surface area contributed by atoms with E-state index < -0.39 is 0 Å². The van der Waals surface area contributed by atoms with E-state index in [2.05, 4.69) is 5.92 Å². The normalized spacial score (nSPS) is 18.1. The molecule has 1 N–H and O–H groups in total. The van der Waals surface area contributed by atoms with E-state index in [0.717, 1.165) is 12.8 Å². The van der Waals surface area contributed by atoms with Gasteiger partial charge in [-0.25, -0.2) is 0 Å². The number of nitrogens with zero attached hydrogens (tertiary/aromatic N) is 1. The highest BCUT2D eigenvalue weighted by molar-refractivity contribution is 5.94. The van der Waals surface area contributed by atoms with E-state index in [1.54, 1.807) is 29.2 Å². The van der Waals surface area contributed by atoms with Crippen molar-refractivity contribution in [3.05, 3.63) is 29.8 Å². The molecular formula is C15H17NO3. The standard InChI is InChI=1S/C15H17NO3/c1-2-10-19-14-7-5-12(6-8-14)15(18)16-9-3-4-13(16)11-17/h1,5-8,13,17H,3-4,9-11H2/t13-/m1/s1. The number of amides is 1. The van der Waals surface area contributed by atoms with Gasteiger partial charge in [0.05, 0.1) is 12.6 Å². The van der Waals surface area contributed by atoms with Gasteiger partial charge < -0.3 is 14.7 Å². The zero-order valence-corrected chi connectivity index (χ0v) is 10.7. The summed E-state index contributed by atoms with van der Waals surface area (Å²) in [5, 5.41) is 9.24. The largest absolute Gasteiger partial charge is 0.481 e. The summed E-state index contributed by atoms with van der Waals surface area (Å²) in [4.78, 5) is 14.0. The fourth-order valence-corrected chi connectivity index (χ4v) is 2.28. The molecule has 19 heavy (non-hydrogen) atoms. The molecule has 1 fully saturated rings. The summed E-state index contributed by atoms with van der Waals surface area (Å²) < 4.78 is 5.26. The Morgan fingerprint density at radius 3 is 2.84 bits per heavy atom. The van der Waals surface area contributed by atoms with Crippen molar-refractivity contribution in [3.8, 4) is 18.1 Å². The first-order valence-electron chi connectivity index (χ1n) is 6.34. The minimum absolute atomic E-state index is 0.0229. The second-order valence-electron chi connectivity index (χ2n) is 4.49. The smallest absolute Gasteiger partial charge is 0.254 e. The quantitative estimate of drug-likeness (QED) is 0.829. The molecule has 0 saturated carbocycles. The third-order valence-corrected chi connectivity index (χ3v) is 3.27. The Morgan fingerprint density at radius 1 is 1.47 bits per heavy atom. The van der Waals surface area contributed by atoms with Crippen LogP contribution in [0.3, 0.4) is 0 Å². The SMILES string of the molecule is C#CCOc1ccc(C(=O)N2CCC[C@@H]2CO)cc1. The summed E-state index contributed by atoms with van der Waals surface area (Å²) in [5.74, 6) is 2.99. The topological polar surface area (TPSA) is 49.8 Å². The third kappa shape index (κ3) is 3.07. The number of aliphatic hydroxyl groups is 1. The number of terminal acetylenes is 1. The molecule has 1 aromatic carbocycles. The van der Waals surface area contributed by atoms with Gasteiger partial charge in [0.2, 0.25) is 0 Å². The number of benzene rings is 1. The highest BCUT2D eigenvalue weighted by atomic mass is 16.5. The van der Waals surface area contributed by atoms with Crippen LogP contribution in [0.2, 0.25) is 0 Å². The predicted molar refractivity (Wildman–Crippen MR) is 71.9 cm³/mol. The Hall–Kier alpha value is -1.99. The van der Waals surface area contributed by atoms with Crippen molar-refractivity contribution in [2.45, 2.75) is 18.9 Å². The molecule has 4 nitrogen and oxygen atoms in total. The first-order chi connectivity index (χ1) is 9.26. The highest BCUT2D eigenvalue weighted by Crippen LogP contribution is 2.21. The summed E-state index contributed by atoms with van der Waals surface area (Å²) in [6.45, 7) is 0.945. The Kier molecular flexibility index (Phi) is 4.43. The monoisotopic (exact) mass is 259 g/mol. The molecule has 0 unspecified atom stereocenters. The van der Waals surface area contributed by atoms with Gasteiger partial charge in [0.25, 0.3) is 5.91 Å². The lowest BCUT2D eigenvalue weighted by Crippen LogP contribution is -2.37. The highest BCUT2D eigenvalue weighted by Gasteiger charge is 2.28. The minimum atomic E-state index is -0.0510. The van der Waals surface area contributed by atoms with Crippen LogP contribution in [-0.4, -0.2) is 41.7 Å². The van der Waals surface area contributed by atoms with Crippen LogP contribution in [0.25, 0.3) is 0 Å². The van der Waals surface area contributed by atoms with E-state index >= 15 is 0 Å². The van der Waals surface area contributed by atoms with E-state index in [0.29, 0.717) is 17.9 Å². The van der Waals surface area contributed by atoms with Gasteiger partial charge >= 0.3 is 0 Å². The maximum atomic E-state index is 12.3. The molecule has 1 atom stereocenters. The fourth-order valence-electron chi connectivity index (χ4n) is 2.28. The van der Waals surface area contributed by atoms with Gasteiger partial charge in [-0.3, -0.25) is 4.79 Å². The first-order valence-corrected chi connectivity index (χ1v) is 6.34. The average Bonchev–Trinajstić information content (AvgIpc) is 2.93. The van der Waals surface area contributed by atoms with Crippen molar-refractivity contribution in [2.75, 3.05) is 19.8 Å². The number of hydrogen-bond acceptors (Lipinski definition) is 3. The van der Waals surface area contributed by atoms with E-state index in [1.165, 1.54) is 0 Å². The number of carbonyl (C=O) groups excluding carboxylic acids is 1. The maximum absolute atomic E-state index is 12.3. The first kappa shape index (κ1) is 13.4. The van der Waals surface area contributed by atoms with Crippen molar-refractivity contribution >= 4 is 5.91 Å². The van der Waals surface area contributed by atoms with Gasteiger partial charge in [-0.15, -0.1) is 6.42 Å². The summed E-state index contributed by atoms with van der Waals surface area (Å²) in [6.07, 6.45) is 6.92. The number of aliphatic hydroxyl groups excluding tert-OH is 1. The molecule has 100 valence electrons. The van der Waals surface area contributed by atoms with Gasteiger partial charge in [-0.1, -0.05) is 5.92 Å². The second kappa shape index (κ2) is 6.26. The number of carbonyl (C=O) groups is 1. The minimum Gasteiger partial charge on any atom is -0.481 e. The molecule has 0 aliphatic carbocycles. The van der Waals surface area contributed by atoms with Gasteiger partial charge in [0.15, 0.2) is 0 Å². The van der Waals surface area contributed by atoms with Crippen molar-refractivity contribution in [2.24, 2.45) is 0 Å². The molecular weight excluding hydrogens is 242 g/mol. The lowest BCUT2D eigenvalue weighted by atomic mass is 10.1. The second-order valence-corrected chi connectivity index (χ2v) is 4.49. The van der Waals surface area contributed by atoms with Crippen LogP contribution < -0.4 is 4.74 Å². The lowest BCUT2D eigenvalue weighted by Gasteiger charge is -2.23. The van der Waals surface area contributed by atoms with Gasteiger partial charge in [0.1, 0.15) is 12.4 Å². The molecule has 2 rings (SSSR count). The zero-order valence-electron chi connectivity index (χ0n) is 10.7. The van der Waals surface area contributed by atoms with Crippen LogP contribution in [0.1, 0.15) is 23.2 Å². The summed E-state index contributed by atoms with van der Waals surface area (Å²) >= 11 is 0. The molecule has 0 bridgehead atoms. The molecule has 0 spiro atoms. The van der Waals surface area contributed by atoms with Gasteiger partial charge in [0, 0.05) is 12.1 Å². The number of ether oxygens (including phenoxy) is 1. The van der Waals surface area contributed by atoms with Crippen molar-refractivity contribution in [3.63, 3.8) is 0 Å². The molecule has 1 saturated heterocycles. The lowest BCUT2D eigenvalue weighted by molar-refractivity contribution is 0.0677. The Labute approximate surface area is 113 Å². The molecule has 1 aliphatic heterocycles. The Bertz CT molecular complexity index is 475. The van der Waals surface area contributed by atoms with E-state index in [1.807, 2.05) is 0 Å². The van der Waals surface area contributed by atoms with Crippen LogP contribution in [0.5, 0.6) is 5.75 Å². The number of likely N-dealkylation sites (tertiary alicyclic amines) is 1. The van der Waals surface area contributed by atoms with Crippen LogP contribution in [-0.2, 0) is 0 Å². The zero-order chi connectivity index (χ0) is 13.7. The van der Waals surface area contributed by atoms with Crippen LogP contribution in [0, 0.1) is 12.3 Å². The van der Waals surface area contributed by atoms with Crippen LogP contribution in [0.4, 0.5) is 0 Å². The molecule has 4 heteroatoms. The van der Waals surface area contributed by atoms with E-state index in [4.69, 9.17) is 11.2 Å². The predicted octanol–water partition coefficient (Wildman–Crippen LogP) is 1.30. The fraction of sp³-hybridized carbons (Fsp3) is 0.400. The Morgan fingerprint density at radius 2 is 2.21 bits per heavy atom. The average molecular weight is 259 g/mol. The third-order valence-electron chi connectivity index (χ3n) is 3.27. The molecule has 1 heterocycles. The molecule has 0 radical (unpaired) electrons. The number of rotatable bonds is 4. The van der Waals surface area contributed by atoms with Crippen molar-refractivity contribution in [1.29, 1.82) is 0 Å². The summed E-state index contributed by atoms with van der Waals surface area (Å²) in [5.41, 5.74) is 0.605. The van der Waals surface area contributed by atoms with Gasteiger partial charge in [-0.05, 0) is 37.1 Å². The summed E-state index contributed by atoms with van der Waals surface area (Å²) in [7, 11) is 0. The van der Waals surface area contributed by atoms with Crippen LogP contribution >= 0.6 is 0 Å². The summed E-state index contributed by atoms with van der Waals surface area (Å²) in [6, 6.07) is 6.86.